The second-order valence-electron chi connectivity index (χ2n) is 6.35. The Morgan fingerprint density at radius 1 is 1.12 bits per heavy atom. The van der Waals surface area contributed by atoms with Crippen LogP contribution in [0.1, 0.15) is 29.7 Å². The van der Waals surface area contributed by atoms with Crippen molar-refractivity contribution in [2.45, 2.75) is 31.7 Å². The Morgan fingerprint density at radius 3 is 2.31 bits per heavy atom. The number of nitrogens with one attached hydrogen (secondary N) is 1. The predicted octanol–water partition coefficient (Wildman–Crippen LogP) is 3.45. The normalized spacial score (nSPS) is 12.8. The minimum atomic E-state index is -3.75. The lowest BCUT2D eigenvalue weighted by Crippen LogP contribution is -2.39. The second-order valence-corrected chi connectivity index (χ2v) is 8.83. The van der Waals surface area contributed by atoms with Crippen LogP contribution in [0.25, 0.3) is 0 Å². The van der Waals surface area contributed by atoms with E-state index in [1.54, 1.807) is 0 Å². The van der Waals surface area contributed by atoms with Crippen molar-refractivity contribution in [3.05, 3.63) is 64.2 Å². The molecule has 26 heavy (non-hydrogen) atoms. The number of hydrogen-bond acceptors (Lipinski definition) is 3. The number of hydrogen-bond donors (Lipinski definition) is 1. The number of likely N-dealkylation sites (N-methyl/N-ethyl adjacent to an activating group) is 1. The van der Waals surface area contributed by atoms with Gasteiger partial charge in [0, 0.05) is 12.1 Å². The summed E-state index contributed by atoms with van der Waals surface area (Å²) < 4.78 is 26.1. The molecule has 7 heteroatoms. The number of aryl methyl sites for hydroxylation is 2. The van der Waals surface area contributed by atoms with Gasteiger partial charge in [0.25, 0.3) is 0 Å². The maximum atomic E-state index is 12.5. The maximum Gasteiger partial charge on any atom is 0.243 e. The molecule has 0 spiro atoms. The van der Waals surface area contributed by atoms with Gasteiger partial charge in [0.15, 0.2) is 0 Å². The third-order valence-corrected chi connectivity index (χ3v) is 6.37. The van der Waals surface area contributed by atoms with Gasteiger partial charge in [0.1, 0.15) is 0 Å². The summed E-state index contributed by atoms with van der Waals surface area (Å²) in [4.78, 5) is 12.4. The summed E-state index contributed by atoms with van der Waals surface area (Å²) in [6, 6.07) is 11.6. The van der Waals surface area contributed by atoms with Crippen LogP contribution in [0.15, 0.2) is 47.4 Å². The molecule has 0 radical (unpaired) electrons. The first-order chi connectivity index (χ1) is 12.1. The number of halogens is 1. The molecule has 0 fully saturated rings. The molecule has 0 saturated heterocycles. The van der Waals surface area contributed by atoms with Crippen LogP contribution in [0, 0.1) is 13.8 Å². The number of nitrogens with zero attached hydrogens (tertiary/aromatic N) is 1. The zero-order valence-electron chi connectivity index (χ0n) is 15.3. The van der Waals surface area contributed by atoms with Crippen LogP contribution in [0.5, 0.6) is 0 Å². The number of carbonyl (C=O) groups excluding carboxylic acids is 1. The summed E-state index contributed by atoms with van der Waals surface area (Å²) in [6.07, 6.45) is 0. The van der Waals surface area contributed by atoms with Gasteiger partial charge in [-0.2, -0.15) is 4.31 Å². The monoisotopic (exact) mass is 394 g/mol. The van der Waals surface area contributed by atoms with E-state index in [0.717, 1.165) is 15.4 Å². The van der Waals surface area contributed by atoms with Gasteiger partial charge in [-0.1, -0.05) is 29.8 Å². The molecule has 0 aliphatic rings. The lowest BCUT2D eigenvalue weighted by molar-refractivity contribution is -0.121. The lowest BCUT2D eigenvalue weighted by Gasteiger charge is -2.20. The van der Waals surface area contributed by atoms with Crippen LogP contribution in [0.4, 0.5) is 0 Å². The molecule has 1 N–H and O–H groups in total. The largest absolute Gasteiger partial charge is 0.348 e. The highest BCUT2D eigenvalue weighted by atomic mass is 35.5. The van der Waals surface area contributed by atoms with E-state index in [0.29, 0.717) is 5.02 Å². The first kappa shape index (κ1) is 20.4. The Bertz CT molecular complexity index is 896. The van der Waals surface area contributed by atoms with Crippen molar-refractivity contribution in [2.75, 3.05) is 13.6 Å². The van der Waals surface area contributed by atoms with E-state index in [1.807, 2.05) is 39.0 Å². The number of rotatable bonds is 6. The van der Waals surface area contributed by atoms with Crippen LogP contribution in [0.3, 0.4) is 0 Å². The third kappa shape index (κ3) is 4.84. The highest BCUT2D eigenvalue weighted by Gasteiger charge is 2.23. The minimum Gasteiger partial charge on any atom is -0.348 e. The first-order valence-corrected chi connectivity index (χ1v) is 10.0. The van der Waals surface area contributed by atoms with E-state index >= 15 is 0 Å². The van der Waals surface area contributed by atoms with Crippen LogP contribution >= 0.6 is 11.6 Å². The average Bonchev–Trinajstić information content (AvgIpc) is 2.57. The number of benzene rings is 2. The molecule has 0 bridgehead atoms. The fourth-order valence-electron chi connectivity index (χ4n) is 2.48. The standard InChI is InChI=1S/C19H23ClN2O3S/c1-13-5-6-16(11-14(13)2)15(3)21-19(23)12-22(4)26(24,25)18-9-7-17(20)8-10-18/h5-11,15H,12H2,1-4H3,(H,21,23)/t15-/m0/s1. The molecule has 0 aliphatic heterocycles. The minimum absolute atomic E-state index is 0.0967. The van der Waals surface area contributed by atoms with Crippen LogP contribution in [-0.4, -0.2) is 32.2 Å². The predicted molar refractivity (Wildman–Crippen MR) is 104 cm³/mol. The van der Waals surface area contributed by atoms with Gasteiger partial charge in [-0.05, 0) is 61.7 Å². The van der Waals surface area contributed by atoms with Gasteiger partial charge < -0.3 is 5.32 Å². The SMILES string of the molecule is Cc1ccc([C@H](C)NC(=O)CN(C)S(=O)(=O)c2ccc(Cl)cc2)cc1C. The summed E-state index contributed by atoms with van der Waals surface area (Å²) >= 11 is 5.79. The van der Waals surface area contributed by atoms with Crippen molar-refractivity contribution in [1.29, 1.82) is 0 Å². The van der Waals surface area contributed by atoms with Gasteiger partial charge >= 0.3 is 0 Å². The topological polar surface area (TPSA) is 66.5 Å². The lowest BCUT2D eigenvalue weighted by atomic mass is 10.0. The van der Waals surface area contributed by atoms with E-state index in [1.165, 1.54) is 36.9 Å². The quantitative estimate of drug-likeness (QED) is 0.815. The first-order valence-electron chi connectivity index (χ1n) is 8.19. The highest BCUT2D eigenvalue weighted by Crippen LogP contribution is 2.19. The molecule has 0 saturated carbocycles. The van der Waals surface area contributed by atoms with Crippen LogP contribution < -0.4 is 5.32 Å². The molecule has 1 atom stereocenters. The van der Waals surface area contributed by atoms with E-state index in [9.17, 15) is 13.2 Å². The molecule has 0 aliphatic carbocycles. The van der Waals surface area contributed by atoms with Crippen LogP contribution in [0.2, 0.25) is 5.02 Å². The Balaban J connectivity index is 2.04. The maximum absolute atomic E-state index is 12.5. The van der Waals surface area contributed by atoms with Crippen molar-refractivity contribution in [3.8, 4) is 0 Å². The van der Waals surface area contributed by atoms with Crippen molar-refractivity contribution in [1.82, 2.24) is 9.62 Å². The van der Waals surface area contributed by atoms with E-state index in [4.69, 9.17) is 11.6 Å². The molecule has 0 unspecified atom stereocenters. The average molecular weight is 395 g/mol. The molecular weight excluding hydrogens is 372 g/mol. The summed E-state index contributed by atoms with van der Waals surface area (Å²) in [6.45, 7) is 5.65. The Morgan fingerprint density at radius 2 is 1.73 bits per heavy atom. The number of sulfonamides is 1. The molecule has 2 aromatic rings. The molecule has 0 aromatic heterocycles. The Hall–Kier alpha value is -1.89. The van der Waals surface area contributed by atoms with E-state index in [2.05, 4.69) is 5.32 Å². The molecule has 5 nitrogen and oxygen atoms in total. The Labute approximate surface area is 160 Å². The van der Waals surface area contributed by atoms with E-state index < -0.39 is 10.0 Å². The fourth-order valence-corrected chi connectivity index (χ4v) is 3.73. The molecule has 1 amide bonds. The zero-order chi connectivity index (χ0) is 19.5. The molecule has 2 aromatic carbocycles. The third-order valence-electron chi connectivity index (χ3n) is 4.30. The van der Waals surface area contributed by atoms with Gasteiger partial charge in [0.05, 0.1) is 17.5 Å². The van der Waals surface area contributed by atoms with Crippen LogP contribution in [-0.2, 0) is 14.8 Å². The van der Waals surface area contributed by atoms with Gasteiger partial charge in [-0.25, -0.2) is 8.42 Å². The van der Waals surface area contributed by atoms with Gasteiger partial charge in [-0.3, -0.25) is 4.79 Å². The smallest absolute Gasteiger partial charge is 0.243 e. The van der Waals surface area contributed by atoms with Gasteiger partial charge in [-0.15, -0.1) is 0 Å². The summed E-state index contributed by atoms with van der Waals surface area (Å²) in [5.74, 6) is -0.365. The van der Waals surface area contributed by atoms with Crippen molar-refractivity contribution in [3.63, 3.8) is 0 Å². The summed E-state index contributed by atoms with van der Waals surface area (Å²) in [5.41, 5.74) is 3.30. The van der Waals surface area contributed by atoms with Crippen molar-refractivity contribution in [2.24, 2.45) is 0 Å². The highest BCUT2D eigenvalue weighted by molar-refractivity contribution is 7.89. The Kier molecular flexibility index (Phi) is 6.44. The number of amides is 1. The van der Waals surface area contributed by atoms with E-state index in [-0.39, 0.29) is 23.4 Å². The van der Waals surface area contributed by atoms with Crippen molar-refractivity contribution < 1.29 is 13.2 Å². The number of carbonyl (C=O) groups is 1. The van der Waals surface area contributed by atoms with Gasteiger partial charge in [0.2, 0.25) is 15.9 Å². The summed E-state index contributed by atoms with van der Waals surface area (Å²) in [5, 5.41) is 3.29. The molecular formula is C19H23ClN2O3S. The molecule has 140 valence electrons. The van der Waals surface area contributed by atoms with Crippen molar-refractivity contribution >= 4 is 27.5 Å². The molecule has 2 rings (SSSR count). The fraction of sp³-hybridized carbons (Fsp3) is 0.316. The zero-order valence-corrected chi connectivity index (χ0v) is 16.9. The second kappa shape index (κ2) is 8.20. The molecule has 0 heterocycles. The summed E-state index contributed by atoms with van der Waals surface area (Å²) in [7, 11) is -2.37.